The number of nitrogens with zero attached hydrogens (tertiary/aromatic N) is 1. The molecule has 0 saturated carbocycles. The smallest absolute Gasteiger partial charge is 0.350 e. The van der Waals surface area contributed by atoms with E-state index in [1.54, 1.807) is 0 Å². The second kappa shape index (κ2) is 7.04. The van der Waals surface area contributed by atoms with Gasteiger partial charge in [-0.15, -0.1) is 0 Å². The molecule has 0 radical (unpaired) electrons. The number of halogens is 2. The summed E-state index contributed by atoms with van der Waals surface area (Å²) in [6.45, 7) is 0.245. The Hall–Kier alpha value is -0.310. The summed E-state index contributed by atoms with van der Waals surface area (Å²) in [7, 11) is -3.15. The quantitative estimate of drug-likeness (QED) is 0.645. The van der Waals surface area contributed by atoms with Crippen LogP contribution in [-0.4, -0.2) is 51.8 Å². The van der Waals surface area contributed by atoms with E-state index in [9.17, 15) is 17.2 Å². The fourth-order valence-corrected chi connectivity index (χ4v) is 1.88. The first-order chi connectivity index (χ1) is 6.96. The molecule has 8 heteroatoms. The topological polar surface area (TPSA) is 72.6 Å². The molecular weight excluding hydrogens is 230 g/mol. The first kappa shape index (κ1) is 14.7. The monoisotopic (exact) mass is 246 g/mol. The van der Waals surface area contributed by atoms with Crippen LogP contribution in [0.3, 0.4) is 0 Å². The van der Waals surface area contributed by atoms with E-state index in [4.69, 9.17) is 5.73 Å². The Bertz CT molecular complexity index is 251. The summed E-state index contributed by atoms with van der Waals surface area (Å²) in [4.78, 5) is 0. The van der Waals surface area contributed by atoms with Crippen LogP contribution in [0.2, 0.25) is 0 Å². The van der Waals surface area contributed by atoms with Gasteiger partial charge in [0, 0.05) is 20.2 Å². The van der Waals surface area contributed by atoms with Gasteiger partial charge in [0.2, 0.25) is 0 Å². The van der Waals surface area contributed by atoms with Crippen molar-refractivity contribution in [1.29, 1.82) is 0 Å². The average Bonchev–Trinajstić information content (AvgIpc) is 2.17. The van der Waals surface area contributed by atoms with Crippen LogP contribution in [0.15, 0.2) is 0 Å². The molecule has 0 amide bonds. The Morgan fingerprint density at radius 3 is 2.40 bits per heavy atom. The molecule has 0 aromatic rings. The van der Waals surface area contributed by atoms with Crippen molar-refractivity contribution < 1.29 is 21.9 Å². The zero-order chi connectivity index (χ0) is 11.9. The van der Waals surface area contributed by atoms with Gasteiger partial charge in [0.1, 0.15) is 0 Å². The number of sulfonamides is 1. The third kappa shape index (κ3) is 4.83. The van der Waals surface area contributed by atoms with E-state index in [0.717, 1.165) is 0 Å². The molecule has 0 aromatic carbocycles. The Kier molecular flexibility index (Phi) is 6.90. The largest absolute Gasteiger partial charge is 0.383 e. The molecule has 0 aromatic heterocycles. The van der Waals surface area contributed by atoms with Crippen LogP contribution in [0, 0.1) is 0 Å². The number of alkyl halides is 2. The number of hydrogen-bond donors (Lipinski definition) is 1. The minimum absolute atomic E-state index is 0.00741. The highest BCUT2D eigenvalue weighted by molar-refractivity contribution is 7.89. The van der Waals surface area contributed by atoms with Gasteiger partial charge in [0.15, 0.2) is 0 Å². The van der Waals surface area contributed by atoms with E-state index < -0.39 is 15.8 Å². The first-order valence-corrected chi connectivity index (χ1v) is 5.93. The van der Waals surface area contributed by atoms with Crippen LogP contribution in [0.5, 0.6) is 0 Å². The number of hydrogen-bond acceptors (Lipinski definition) is 4. The normalized spacial score (nSPS) is 12.7. The predicted molar refractivity (Wildman–Crippen MR) is 52.0 cm³/mol. The van der Waals surface area contributed by atoms with Crippen LogP contribution in [0.25, 0.3) is 0 Å². The first-order valence-electron chi connectivity index (χ1n) is 4.43. The molecule has 0 saturated heterocycles. The Labute approximate surface area is 88.2 Å². The van der Waals surface area contributed by atoms with E-state index in [1.165, 1.54) is 7.11 Å². The lowest BCUT2D eigenvalue weighted by Crippen LogP contribution is -2.38. The molecule has 92 valence electrons. The van der Waals surface area contributed by atoms with Gasteiger partial charge in [0.05, 0.1) is 6.61 Å². The highest BCUT2D eigenvalue weighted by atomic mass is 32.2. The third-order valence-electron chi connectivity index (χ3n) is 1.74. The molecule has 0 fully saturated rings. The molecule has 0 aliphatic heterocycles. The summed E-state index contributed by atoms with van der Waals surface area (Å²) in [5.74, 6) is -3.40. The summed E-state index contributed by atoms with van der Waals surface area (Å²) < 4.78 is 52.0. The van der Waals surface area contributed by atoms with Crippen LogP contribution in [0.4, 0.5) is 8.78 Å². The van der Waals surface area contributed by atoms with Crippen molar-refractivity contribution in [2.45, 2.75) is 12.2 Å². The standard InChI is InChI=1S/C7H16F2N2O3S/c1-14-6-5-11(4-2-3-10)15(12,13)7(8)9/h7H,2-6,10H2,1H3. The number of methoxy groups -OCH3 is 1. The van der Waals surface area contributed by atoms with Crippen molar-refractivity contribution in [3.63, 3.8) is 0 Å². The molecule has 0 aliphatic carbocycles. The maximum absolute atomic E-state index is 12.2. The van der Waals surface area contributed by atoms with Crippen molar-refractivity contribution in [3.8, 4) is 0 Å². The van der Waals surface area contributed by atoms with E-state index >= 15 is 0 Å². The van der Waals surface area contributed by atoms with E-state index in [2.05, 4.69) is 4.74 Å². The van der Waals surface area contributed by atoms with E-state index in [0.29, 0.717) is 10.7 Å². The fraction of sp³-hybridized carbons (Fsp3) is 1.00. The van der Waals surface area contributed by atoms with Gasteiger partial charge in [-0.05, 0) is 13.0 Å². The van der Waals surface area contributed by atoms with Crippen molar-refractivity contribution in [1.82, 2.24) is 4.31 Å². The minimum Gasteiger partial charge on any atom is -0.383 e. The van der Waals surface area contributed by atoms with Crippen molar-refractivity contribution >= 4 is 10.0 Å². The summed E-state index contributed by atoms with van der Waals surface area (Å²) in [5.41, 5.74) is 5.18. The van der Waals surface area contributed by atoms with Crippen molar-refractivity contribution in [2.75, 3.05) is 33.4 Å². The summed E-state index contributed by atoms with van der Waals surface area (Å²) in [6, 6.07) is 0. The van der Waals surface area contributed by atoms with Gasteiger partial charge in [-0.25, -0.2) is 8.42 Å². The molecule has 0 heterocycles. The molecule has 2 N–H and O–H groups in total. The van der Waals surface area contributed by atoms with Gasteiger partial charge >= 0.3 is 5.76 Å². The Morgan fingerprint density at radius 1 is 1.40 bits per heavy atom. The second-order valence-electron chi connectivity index (χ2n) is 2.84. The second-order valence-corrected chi connectivity index (χ2v) is 4.74. The lowest BCUT2D eigenvalue weighted by atomic mass is 10.4. The minimum atomic E-state index is -4.52. The summed E-state index contributed by atoms with van der Waals surface area (Å²) >= 11 is 0. The average molecular weight is 246 g/mol. The molecule has 0 unspecified atom stereocenters. The molecule has 15 heavy (non-hydrogen) atoms. The van der Waals surface area contributed by atoms with E-state index in [-0.39, 0.29) is 26.2 Å². The van der Waals surface area contributed by atoms with Crippen molar-refractivity contribution in [3.05, 3.63) is 0 Å². The Morgan fingerprint density at radius 2 is 2.00 bits per heavy atom. The Balaban J connectivity index is 4.46. The van der Waals surface area contributed by atoms with Crippen LogP contribution < -0.4 is 5.73 Å². The molecule has 0 spiro atoms. The summed E-state index contributed by atoms with van der Waals surface area (Å²) in [6.07, 6.45) is 0.343. The third-order valence-corrected chi connectivity index (χ3v) is 3.28. The SMILES string of the molecule is COCCN(CCCN)S(=O)(=O)C(F)F. The number of ether oxygens (including phenoxy) is 1. The molecule has 0 aliphatic rings. The molecule has 0 bridgehead atoms. The molecule has 0 atom stereocenters. The number of nitrogens with two attached hydrogens (primary N) is 1. The highest BCUT2D eigenvalue weighted by Crippen LogP contribution is 2.11. The maximum atomic E-state index is 12.2. The van der Waals surface area contributed by atoms with Gasteiger partial charge in [-0.3, -0.25) is 0 Å². The maximum Gasteiger partial charge on any atom is 0.350 e. The lowest BCUT2D eigenvalue weighted by Gasteiger charge is -2.20. The van der Waals surface area contributed by atoms with Gasteiger partial charge in [0.25, 0.3) is 10.0 Å². The van der Waals surface area contributed by atoms with Gasteiger partial charge < -0.3 is 10.5 Å². The van der Waals surface area contributed by atoms with E-state index in [1.807, 2.05) is 0 Å². The van der Waals surface area contributed by atoms with Crippen LogP contribution >= 0.6 is 0 Å². The van der Waals surface area contributed by atoms with Crippen molar-refractivity contribution in [2.24, 2.45) is 5.73 Å². The zero-order valence-corrected chi connectivity index (χ0v) is 9.34. The fourth-order valence-electron chi connectivity index (χ4n) is 0.940. The summed E-state index contributed by atoms with van der Waals surface area (Å²) in [5, 5.41) is 0. The lowest BCUT2D eigenvalue weighted by molar-refractivity contribution is 0.169. The molecular formula is C7H16F2N2O3S. The van der Waals surface area contributed by atoms with Gasteiger partial charge in [-0.1, -0.05) is 0 Å². The molecule has 5 nitrogen and oxygen atoms in total. The van der Waals surface area contributed by atoms with Crippen LogP contribution in [-0.2, 0) is 14.8 Å². The predicted octanol–water partition coefficient (Wildman–Crippen LogP) is -0.164. The zero-order valence-electron chi connectivity index (χ0n) is 8.53. The highest BCUT2D eigenvalue weighted by Gasteiger charge is 2.31. The van der Waals surface area contributed by atoms with Crippen LogP contribution in [0.1, 0.15) is 6.42 Å². The van der Waals surface area contributed by atoms with Gasteiger partial charge in [-0.2, -0.15) is 13.1 Å². The molecule has 0 rings (SSSR count). The number of rotatable bonds is 8.